The zero-order valence-corrected chi connectivity index (χ0v) is 10.3. The van der Waals surface area contributed by atoms with Gasteiger partial charge in [-0.15, -0.1) is 0 Å². The van der Waals surface area contributed by atoms with Gasteiger partial charge < -0.3 is 9.52 Å². The predicted molar refractivity (Wildman–Crippen MR) is 63.7 cm³/mol. The van der Waals surface area contributed by atoms with Crippen molar-refractivity contribution >= 4 is 11.6 Å². The first kappa shape index (κ1) is 12.1. The maximum atomic E-state index is 13.9. The molecule has 0 saturated heterocycles. The minimum atomic E-state index is -1.11. The summed E-state index contributed by atoms with van der Waals surface area (Å²) >= 11 is 5.77. The van der Waals surface area contributed by atoms with Crippen LogP contribution in [0.25, 0.3) is 0 Å². The van der Waals surface area contributed by atoms with Crippen LogP contribution in [-0.4, -0.2) is 5.11 Å². The second kappa shape index (κ2) is 4.51. The van der Waals surface area contributed by atoms with E-state index < -0.39 is 11.9 Å². The monoisotopic (exact) mass is 254 g/mol. The van der Waals surface area contributed by atoms with Crippen LogP contribution in [0.2, 0.25) is 5.22 Å². The number of hydrogen-bond acceptors (Lipinski definition) is 2. The van der Waals surface area contributed by atoms with Gasteiger partial charge in [0.15, 0.2) is 5.22 Å². The van der Waals surface area contributed by atoms with Gasteiger partial charge in [0.2, 0.25) is 0 Å². The minimum absolute atomic E-state index is 0.0804. The smallest absolute Gasteiger partial charge is 0.199 e. The Kier molecular flexibility index (Phi) is 3.22. The Morgan fingerprint density at radius 3 is 2.59 bits per heavy atom. The number of aliphatic hydroxyl groups excluding tert-OH is 1. The van der Waals surface area contributed by atoms with Crippen molar-refractivity contribution in [1.29, 1.82) is 0 Å². The normalized spacial score (nSPS) is 12.8. The Morgan fingerprint density at radius 2 is 2.06 bits per heavy atom. The first-order chi connectivity index (χ1) is 8.00. The van der Waals surface area contributed by atoms with Crippen LogP contribution in [0, 0.1) is 19.7 Å². The zero-order valence-electron chi connectivity index (χ0n) is 9.50. The van der Waals surface area contributed by atoms with Gasteiger partial charge in [0.05, 0.1) is 6.26 Å². The predicted octanol–water partition coefficient (Wildman–Crippen LogP) is 3.77. The van der Waals surface area contributed by atoms with E-state index in [9.17, 15) is 9.50 Å². The van der Waals surface area contributed by atoms with E-state index in [1.54, 1.807) is 13.8 Å². The van der Waals surface area contributed by atoms with Gasteiger partial charge in [0, 0.05) is 11.1 Å². The lowest BCUT2D eigenvalue weighted by atomic mass is 9.97. The van der Waals surface area contributed by atoms with Crippen LogP contribution in [0.1, 0.15) is 28.4 Å². The Balaban J connectivity index is 2.51. The molecule has 90 valence electrons. The zero-order chi connectivity index (χ0) is 12.6. The van der Waals surface area contributed by atoms with Crippen molar-refractivity contribution in [3.63, 3.8) is 0 Å². The lowest BCUT2D eigenvalue weighted by Crippen LogP contribution is -2.05. The third kappa shape index (κ3) is 2.21. The molecule has 1 aromatic heterocycles. The van der Waals surface area contributed by atoms with Gasteiger partial charge in [-0.3, -0.25) is 0 Å². The minimum Gasteiger partial charge on any atom is -0.453 e. The molecule has 0 fully saturated rings. The number of aryl methyl sites for hydroxylation is 2. The van der Waals surface area contributed by atoms with Crippen molar-refractivity contribution in [3.05, 3.63) is 57.8 Å². The van der Waals surface area contributed by atoms with Crippen LogP contribution in [-0.2, 0) is 0 Å². The van der Waals surface area contributed by atoms with E-state index in [-0.39, 0.29) is 10.8 Å². The van der Waals surface area contributed by atoms with Crippen molar-refractivity contribution in [2.45, 2.75) is 20.0 Å². The first-order valence-corrected chi connectivity index (χ1v) is 5.56. The molecule has 2 nitrogen and oxygen atoms in total. The third-order valence-electron chi connectivity index (χ3n) is 2.69. The molecule has 1 N–H and O–H groups in total. The maximum Gasteiger partial charge on any atom is 0.199 e. The fourth-order valence-corrected chi connectivity index (χ4v) is 2.15. The van der Waals surface area contributed by atoms with Crippen molar-refractivity contribution in [2.24, 2.45) is 0 Å². The number of rotatable bonds is 2. The molecular weight excluding hydrogens is 243 g/mol. The van der Waals surface area contributed by atoms with Gasteiger partial charge in [0.1, 0.15) is 11.9 Å². The molecule has 0 aliphatic heterocycles. The summed E-state index contributed by atoms with van der Waals surface area (Å²) in [4.78, 5) is 0. The average Bonchev–Trinajstić information content (AvgIpc) is 2.62. The highest BCUT2D eigenvalue weighted by atomic mass is 35.5. The van der Waals surface area contributed by atoms with Crippen molar-refractivity contribution in [1.82, 2.24) is 0 Å². The van der Waals surface area contributed by atoms with Crippen LogP contribution < -0.4 is 0 Å². The molecule has 2 rings (SSSR count). The summed E-state index contributed by atoms with van der Waals surface area (Å²) in [5.41, 5.74) is 2.11. The highest BCUT2D eigenvalue weighted by Crippen LogP contribution is 2.32. The summed E-state index contributed by atoms with van der Waals surface area (Å²) in [6, 6.07) is 4.74. The maximum absolute atomic E-state index is 13.9. The van der Waals surface area contributed by atoms with Crippen molar-refractivity contribution in [3.8, 4) is 0 Å². The van der Waals surface area contributed by atoms with E-state index in [0.29, 0.717) is 11.1 Å². The van der Waals surface area contributed by atoms with Gasteiger partial charge in [-0.1, -0.05) is 6.07 Å². The molecule has 1 heterocycles. The quantitative estimate of drug-likeness (QED) is 0.885. The largest absolute Gasteiger partial charge is 0.453 e. The molecule has 0 saturated carbocycles. The number of hydrogen-bond donors (Lipinski definition) is 1. The average molecular weight is 255 g/mol. The molecule has 1 unspecified atom stereocenters. The van der Waals surface area contributed by atoms with Gasteiger partial charge in [-0.25, -0.2) is 4.39 Å². The van der Waals surface area contributed by atoms with Crippen LogP contribution in [0.15, 0.2) is 28.9 Å². The Hall–Kier alpha value is -1.32. The molecule has 0 aliphatic carbocycles. The van der Waals surface area contributed by atoms with Crippen LogP contribution in [0.5, 0.6) is 0 Å². The summed E-state index contributed by atoms with van der Waals surface area (Å²) in [5.74, 6) is -0.438. The molecule has 2 aromatic rings. The fraction of sp³-hybridized carbons (Fsp3) is 0.231. The molecular formula is C13H12ClFO2. The Bertz CT molecular complexity index is 525. The molecule has 0 bridgehead atoms. The molecule has 0 amide bonds. The SMILES string of the molecule is Cc1cc(C)c(C(O)c2ccoc2Cl)c(F)c1. The third-order valence-corrected chi connectivity index (χ3v) is 3.00. The topological polar surface area (TPSA) is 33.4 Å². The first-order valence-electron chi connectivity index (χ1n) is 5.18. The molecule has 0 radical (unpaired) electrons. The van der Waals surface area contributed by atoms with E-state index in [2.05, 4.69) is 0 Å². The lowest BCUT2D eigenvalue weighted by molar-refractivity contribution is 0.213. The van der Waals surface area contributed by atoms with E-state index in [1.807, 2.05) is 6.07 Å². The Morgan fingerprint density at radius 1 is 1.35 bits per heavy atom. The van der Waals surface area contributed by atoms with Crippen LogP contribution in [0.4, 0.5) is 4.39 Å². The van der Waals surface area contributed by atoms with E-state index in [1.165, 1.54) is 18.4 Å². The lowest BCUT2D eigenvalue weighted by Gasteiger charge is -2.14. The standard InChI is InChI=1S/C13H12ClFO2/c1-7-5-8(2)11(10(15)6-7)12(16)9-3-4-17-13(9)14/h3-6,12,16H,1-2H3. The second-order valence-electron chi connectivity index (χ2n) is 4.03. The summed E-state index contributed by atoms with van der Waals surface area (Å²) in [5, 5.41) is 10.2. The molecule has 0 aliphatic rings. The summed E-state index contributed by atoms with van der Waals surface area (Å²) in [6.45, 7) is 3.56. The fourth-order valence-electron chi connectivity index (χ4n) is 1.93. The molecule has 1 aromatic carbocycles. The van der Waals surface area contributed by atoms with Gasteiger partial charge in [-0.05, 0) is 48.7 Å². The summed E-state index contributed by atoms with van der Waals surface area (Å²) in [7, 11) is 0. The van der Waals surface area contributed by atoms with Crippen molar-refractivity contribution < 1.29 is 13.9 Å². The number of aliphatic hydroxyl groups is 1. The number of furan rings is 1. The van der Waals surface area contributed by atoms with E-state index >= 15 is 0 Å². The van der Waals surface area contributed by atoms with Crippen LogP contribution >= 0.6 is 11.6 Å². The highest BCUT2D eigenvalue weighted by Gasteiger charge is 2.21. The van der Waals surface area contributed by atoms with Crippen LogP contribution in [0.3, 0.4) is 0 Å². The number of halogens is 2. The van der Waals surface area contributed by atoms with Crippen molar-refractivity contribution in [2.75, 3.05) is 0 Å². The summed E-state index contributed by atoms with van der Waals surface area (Å²) < 4.78 is 18.7. The second-order valence-corrected chi connectivity index (χ2v) is 4.37. The van der Waals surface area contributed by atoms with Gasteiger partial charge >= 0.3 is 0 Å². The molecule has 4 heteroatoms. The van der Waals surface area contributed by atoms with Gasteiger partial charge in [-0.2, -0.15) is 0 Å². The van der Waals surface area contributed by atoms with E-state index in [4.69, 9.17) is 16.0 Å². The Labute approximate surface area is 104 Å². The number of benzene rings is 1. The highest BCUT2D eigenvalue weighted by molar-refractivity contribution is 6.29. The van der Waals surface area contributed by atoms with Gasteiger partial charge in [0.25, 0.3) is 0 Å². The summed E-state index contributed by atoms with van der Waals surface area (Å²) in [6.07, 6.45) is 0.254. The molecule has 17 heavy (non-hydrogen) atoms. The molecule has 0 spiro atoms. The molecule has 1 atom stereocenters. The van der Waals surface area contributed by atoms with E-state index in [0.717, 1.165) is 5.56 Å².